The van der Waals surface area contributed by atoms with E-state index in [9.17, 15) is 22.8 Å². The van der Waals surface area contributed by atoms with Crippen LogP contribution < -0.4 is 4.90 Å². The monoisotopic (exact) mass is 279 g/mol. The van der Waals surface area contributed by atoms with Gasteiger partial charge in [-0.25, -0.2) is 0 Å². The molecule has 2 N–H and O–H groups in total. The Morgan fingerprint density at radius 2 is 1.63 bits per heavy atom. The van der Waals surface area contributed by atoms with E-state index in [2.05, 4.69) is 10.2 Å². The smallest absolute Gasteiger partial charge is 0.435 e. The van der Waals surface area contributed by atoms with E-state index in [1.165, 1.54) is 0 Å². The maximum atomic E-state index is 12.2. The summed E-state index contributed by atoms with van der Waals surface area (Å²) in [5.74, 6) is -2.95. The van der Waals surface area contributed by atoms with Gasteiger partial charge in [-0.05, 0) is 12.1 Å². The molecule has 0 radical (unpaired) electrons. The first-order valence-electron chi connectivity index (χ1n) is 4.79. The van der Waals surface area contributed by atoms with E-state index in [0.29, 0.717) is 6.07 Å². The van der Waals surface area contributed by atoms with Crippen molar-refractivity contribution in [3.05, 3.63) is 17.8 Å². The van der Waals surface area contributed by atoms with Crippen LogP contribution in [0.25, 0.3) is 0 Å². The van der Waals surface area contributed by atoms with Crippen molar-refractivity contribution in [3.8, 4) is 0 Å². The average Bonchev–Trinajstić information content (AvgIpc) is 2.26. The number of aliphatic carboxylic acids is 2. The molecule has 0 atom stereocenters. The van der Waals surface area contributed by atoms with Crippen LogP contribution >= 0.6 is 0 Å². The van der Waals surface area contributed by atoms with Crippen LogP contribution in [0.2, 0.25) is 0 Å². The van der Waals surface area contributed by atoms with Gasteiger partial charge in [0.15, 0.2) is 11.5 Å². The van der Waals surface area contributed by atoms with Gasteiger partial charge in [-0.2, -0.15) is 13.2 Å². The Bertz CT molecular complexity index is 459. The van der Waals surface area contributed by atoms with Crippen LogP contribution in [0.5, 0.6) is 0 Å². The van der Waals surface area contributed by atoms with Crippen LogP contribution in [-0.4, -0.2) is 45.4 Å². The van der Waals surface area contributed by atoms with Crippen molar-refractivity contribution in [2.75, 3.05) is 18.0 Å². The predicted octanol–water partition coefficient (Wildman–Crippen LogP) is 0.471. The van der Waals surface area contributed by atoms with Gasteiger partial charge < -0.3 is 15.1 Å². The lowest BCUT2D eigenvalue weighted by atomic mass is 10.3. The normalized spacial score (nSPS) is 11.1. The standard InChI is InChI=1S/C9H8F3N3O4/c10-9(11,12)5-1-2-6(14-13-5)15(3-7(16)17)4-8(18)19/h1-2H,3-4H2,(H,16,17)(H,18,19). The second-order valence-corrected chi connectivity index (χ2v) is 3.42. The molecule has 1 aromatic rings. The number of hydrogen-bond acceptors (Lipinski definition) is 5. The molecule has 0 spiro atoms. The largest absolute Gasteiger partial charge is 0.480 e. The lowest BCUT2D eigenvalue weighted by Gasteiger charge is -2.18. The van der Waals surface area contributed by atoms with E-state index < -0.39 is 36.9 Å². The minimum Gasteiger partial charge on any atom is -0.480 e. The summed E-state index contributed by atoms with van der Waals surface area (Å²) < 4.78 is 36.7. The zero-order valence-corrected chi connectivity index (χ0v) is 9.26. The van der Waals surface area contributed by atoms with Gasteiger partial charge in [0, 0.05) is 0 Å². The summed E-state index contributed by atoms with van der Waals surface area (Å²) in [6.07, 6.45) is -4.67. The van der Waals surface area contributed by atoms with E-state index in [0.717, 1.165) is 11.0 Å². The second-order valence-electron chi connectivity index (χ2n) is 3.42. The summed E-state index contributed by atoms with van der Waals surface area (Å²) in [7, 11) is 0. The van der Waals surface area contributed by atoms with Crippen molar-refractivity contribution in [1.29, 1.82) is 0 Å². The molecule has 0 unspecified atom stereocenters. The predicted molar refractivity (Wildman–Crippen MR) is 54.5 cm³/mol. The number of rotatable bonds is 5. The van der Waals surface area contributed by atoms with E-state index in [-0.39, 0.29) is 5.82 Å². The third-order valence-electron chi connectivity index (χ3n) is 1.92. The molecular weight excluding hydrogens is 271 g/mol. The molecule has 0 fully saturated rings. The Morgan fingerprint density at radius 1 is 1.11 bits per heavy atom. The molecule has 0 saturated heterocycles. The molecule has 0 amide bonds. The molecule has 0 bridgehead atoms. The minimum atomic E-state index is -4.67. The molecule has 7 nitrogen and oxygen atoms in total. The van der Waals surface area contributed by atoms with Gasteiger partial charge in [-0.3, -0.25) is 9.59 Å². The molecule has 1 rings (SSSR count). The van der Waals surface area contributed by atoms with Crippen molar-refractivity contribution in [2.24, 2.45) is 0 Å². The number of carboxylic acid groups (broad SMARTS) is 2. The van der Waals surface area contributed by atoms with Gasteiger partial charge in [0.25, 0.3) is 0 Å². The summed E-state index contributed by atoms with van der Waals surface area (Å²) in [4.78, 5) is 21.8. The quantitative estimate of drug-likeness (QED) is 0.807. The van der Waals surface area contributed by atoms with Gasteiger partial charge >= 0.3 is 18.1 Å². The van der Waals surface area contributed by atoms with Crippen LogP contribution in [0.15, 0.2) is 12.1 Å². The van der Waals surface area contributed by atoms with Gasteiger partial charge in [-0.15, -0.1) is 10.2 Å². The molecule has 0 aliphatic heterocycles. The number of nitrogens with zero attached hydrogens (tertiary/aromatic N) is 3. The van der Waals surface area contributed by atoms with Crippen LogP contribution in [0.3, 0.4) is 0 Å². The van der Waals surface area contributed by atoms with E-state index >= 15 is 0 Å². The van der Waals surface area contributed by atoms with E-state index in [4.69, 9.17) is 10.2 Å². The Balaban J connectivity index is 2.96. The molecular formula is C9H8F3N3O4. The third kappa shape index (κ3) is 4.41. The average molecular weight is 279 g/mol. The summed E-state index contributed by atoms with van der Waals surface area (Å²) >= 11 is 0. The van der Waals surface area contributed by atoms with Crippen molar-refractivity contribution >= 4 is 17.8 Å². The van der Waals surface area contributed by atoms with Crippen molar-refractivity contribution in [1.82, 2.24) is 10.2 Å². The fourth-order valence-corrected chi connectivity index (χ4v) is 1.19. The van der Waals surface area contributed by atoms with Gasteiger partial charge in [-0.1, -0.05) is 0 Å². The first kappa shape index (κ1) is 14.7. The van der Waals surface area contributed by atoms with Crippen LogP contribution in [0.1, 0.15) is 5.69 Å². The maximum Gasteiger partial charge on any atom is 0.435 e. The highest BCUT2D eigenvalue weighted by Crippen LogP contribution is 2.27. The number of alkyl halides is 3. The molecule has 1 aromatic heterocycles. The van der Waals surface area contributed by atoms with Gasteiger partial charge in [0.2, 0.25) is 0 Å². The molecule has 10 heteroatoms. The zero-order chi connectivity index (χ0) is 14.6. The molecule has 104 valence electrons. The Kier molecular flexibility index (Phi) is 4.25. The molecule has 0 aromatic carbocycles. The zero-order valence-electron chi connectivity index (χ0n) is 9.26. The van der Waals surface area contributed by atoms with Crippen molar-refractivity contribution < 1.29 is 33.0 Å². The van der Waals surface area contributed by atoms with Gasteiger partial charge in [0.05, 0.1) is 0 Å². The van der Waals surface area contributed by atoms with Crippen LogP contribution in [0.4, 0.5) is 19.0 Å². The second kappa shape index (κ2) is 5.50. The number of carbonyl (C=O) groups is 2. The summed E-state index contributed by atoms with van der Waals surface area (Å²) in [5.41, 5.74) is -1.25. The van der Waals surface area contributed by atoms with Crippen molar-refractivity contribution in [2.45, 2.75) is 6.18 Å². The minimum absolute atomic E-state index is 0.266. The van der Waals surface area contributed by atoms with E-state index in [1.807, 2.05) is 0 Å². The molecule has 0 aliphatic rings. The molecule has 19 heavy (non-hydrogen) atoms. The van der Waals surface area contributed by atoms with Gasteiger partial charge in [0.1, 0.15) is 13.1 Å². The van der Waals surface area contributed by atoms with Crippen LogP contribution in [-0.2, 0) is 15.8 Å². The first-order valence-corrected chi connectivity index (χ1v) is 4.79. The highest BCUT2D eigenvalue weighted by atomic mass is 19.4. The number of halogens is 3. The number of anilines is 1. The third-order valence-corrected chi connectivity index (χ3v) is 1.92. The lowest BCUT2D eigenvalue weighted by Crippen LogP contribution is -2.35. The SMILES string of the molecule is O=C(O)CN(CC(=O)O)c1ccc(C(F)(F)F)nn1. The molecule has 0 saturated carbocycles. The molecule has 0 aliphatic carbocycles. The Hall–Kier alpha value is -2.39. The highest BCUT2D eigenvalue weighted by molar-refractivity contribution is 5.78. The summed E-state index contributed by atoms with van der Waals surface area (Å²) in [6.45, 7) is -1.43. The van der Waals surface area contributed by atoms with Crippen molar-refractivity contribution in [3.63, 3.8) is 0 Å². The number of carboxylic acids is 2. The number of aromatic nitrogens is 2. The highest BCUT2D eigenvalue weighted by Gasteiger charge is 2.33. The van der Waals surface area contributed by atoms with E-state index in [1.54, 1.807) is 0 Å². The topological polar surface area (TPSA) is 104 Å². The Morgan fingerprint density at radius 3 is 1.95 bits per heavy atom. The van der Waals surface area contributed by atoms with Crippen LogP contribution in [0, 0.1) is 0 Å². The fourth-order valence-electron chi connectivity index (χ4n) is 1.19. The maximum absolute atomic E-state index is 12.2. The number of hydrogen-bond donors (Lipinski definition) is 2. The summed E-state index contributed by atoms with van der Waals surface area (Å²) in [6, 6.07) is 1.46. The Labute approximate surface area is 104 Å². The lowest BCUT2D eigenvalue weighted by molar-refractivity contribution is -0.142. The summed E-state index contributed by atoms with van der Waals surface area (Å²) in [5, 5.41) is 23.2. The first-order chi connectivity index (χ1) is 8.70. The fraction of sp³-hybridized carbons (Fsp3) is 0.333. The molecule has 1 heterocycles.